The fourth-order valence-corrected chi connectivity index (χ4v) is 4.30. The number of imide groups is 2. The zero-order valence-electron chi connectivity index (χ0n) is 20.4. The number of urea groups is 1. The molecule has 3 aromatic rings. The Morgan fingerprint density at radius 3 is 2.44 bits per heavy atom. The van der Waals surface area contributed by atoms with E-state index in [1.807, 2.05) is 0 Å². The minimum Gasteiger partial charge on any atom is -0.508 e. The molecule has 0 atom stereocenters. The van der Waals surface area contributed by atoms with E-state index in [1.54, 1.807) is 37.3 Å². The lowest BCUT2D eigenvalue weighted by molar-refractivity contribution is -0.122. The Balaban J connectivity index is 1.57. The number of hydrogen-bond donors (Lipinski definition) is 3. The van der Waals surface area contributed by atoms with Crippen molar-refractivity contribution in [2.45, 2.75) is 6.92 Å². The fraction of sp³-hybridized carbons (Fsp3) is 0.111. The Morgan fingerprint density at radius 1 is 1.08 bits per heavy atom. The zero-order valence-corrected chi connectivity index (χ0v) is 22.7. The van der Waals surface area contributed by atoms with Crippen molar-refractivity contribution in [2.24, 2.45) is 0 Å². The van der Waals surface area contributed by atoms with E-state index in [4.69, 9.17) is 21.1 Å². The molecule has 200 valence electrons. The van der Waals surface area contributed by atoms with Gasteiger partial charge in [0.05, 0.1) is 16.8 Å². The van der Waals surface area contributed by atoms with Crippen molar-refractivity contribution in [3.63, 3.8) is 0 Å². The Morgan fingerprint density at radius 2 is 1.77 bits per heavy atom. The number of anilines is 2. The van der Waals surface area contributed by atoms with E-state index in [2.05, 4.69) is 26.6 Å². The molecular formula is C27H21BrClN3O7. The lowest BCUT2D eigenvalue weighted by Gasteiger charge is -2.26. The van der Waals surface area contributed by atoms with E-state index in [-0.39, 0.29) is 41.7 Å². The molecule has 1 heterocycles. The van der Waals surface area contributed by atoms with Crippen LogP contribution < -0.4 is 25.0 Å². The topological polar surface area (TPSA) is 134 Å². The van der Waals surface area contributed by atoms with Crippen molar-refractivity contribution in [1.82, 2.24) is 5.32 Å². The van der Waals surface area contributed by atoms with Crippen LogP contribution in [-0.2, 0) is 14.4 Å². The third-order valence-electron chi connectivity index (χ3n) is 5.33. The number of benzene rings is 3. The summed E-state index contributed by atoms with van der Waals surface area (Å²) in [5.41, 5.74) is 0.815. The normalized spacial score (nSPS) is 14.3. The molecule has 39 heavy (non-hydrogen) atoms. The molecule has 3 aromatic carbocycles. The first kappa shape index (κ1) is 27.7. The second kappa shape index (κ2) is 12.0. The number of nitrogens with zero attached hydrogens (tertiary/aromatic N) is 1. The summed E-state index contributed by atoms with van der Waals surface area (Å²) >= 11 is 9.26. The summed E-state index contributed by atoms with van der Waals surface area (Å²) in [4.78, 5) is 51.3. The molecule has 1 aliphatic heterocycles. The van der Waals surface area contributed by atoms with Crippen LogP contribution in [0.3, 0.4) is 0 Å². The van der Waals surface area contributed by atoms with Gasteiger partial charge in [-0.3, -0.25) is 19.7 Å². The van der Waals surface area contributed by atoms with Gasteiger partial charge >= 0.3 is 6.03 Å². The molecule has 0 saturated carbocycles. The molecule has 10 nitrogen and oxygen atoms in total. The molecule has 0 aliphatic carbocycles. The third kappa shape index (κ3) is 6.57. The predicted octanol–water partition coefficient (Wildman–Crippen LogP) is 4.89. The molecule has 0 unspecified atom stereocenters. The van der Waals surface area contributed by atoms with E-state index in [1.165, 1.54) is 36.4 Å². The number of barbiturate groups is 1. The van der Waals surface area contributed by atoms with E-state index in [9.17, 15) is 24.3 Å². The van der Waals surface area contributed by atoms with E-state index >= 15 is 0 Å². The van der Waals surface area contributed by atoms with Crippen molar-refractivity contribution in [3.05, 3.63) is 81.3 Å². The maximum absolute atomic E-state index is 13.1. The van der Waals surface area contributed by atoms with Gasteiger partial charge in [0.1, 0.15) is 11.3 Å². The summed E-state index contributed by atoms with van der Waals surface area (Å²) in [5, 5.41) is 14.9. The van der Waals surface area contributed by atoms with Gasteiger partial charge in [-0.05, 0) is 95.2 Å². The first-order valence-electron chi connectivity index (χ1n) is 11.5. The van der Waals surface area contributed by atoms with Crippen LogP contribution in [0.1, 0.15) is 12.5 Å². The number of carbonyl (C=O) groups is 4. The van der Waals surface area contributed by atoms with Crippen molar-refractivity contribution in [1.29, 1.82) is 0 Å². The molecular weight excluding hydrogens is 594 g/mol. The zero-order chi connectivity index (χ0) is 28.1. The number of halogens is 2. The number of rotatable bonds is 8. The van der Waals surface area contributed by atoms with Gasteiger partial charge in [-0.2, -0.15) is 0 Å². The van der Waals surface area contributed by atoms with Gasteiger partial charge in [0, 0.05) is 10.7 Å². The van der Waals surface area contributed by atoms with E-state index < -0.39 is 23.8 Å². The highest BCUT2D eigenvalue weighted by Crippen LogP contribution is 2.38. The number of nitrogens with one attached hydrogen (secondary N) is 2. The summed E-state index contributed by atoms with van der Waals surface area (Å²) in [6, 6.07) is 14.2. The van der Waals surface area contributed by atoms with Crippen LogP contribution in [-0.4, -0.2) is 42.1 Å². The maximum Gasteiger partial charge on any atom is 0.335 e. The van der Waals surface area contributed by atoms with Crippen LogP contribution in [0.5, 0.6) is 17.2 Å². The van der Waals surface area contributed by atoms with Gasteiger partial charge in [-0.1, -0.05) is 11.6 Å². The van der Waals surface area contributed by atoms with Gasteiger partial charge in [-0.15, -0.1) is 0 Å². The van der Waals surface area contributed by atoms with Crippen molar-refractivity contribution >= 4 is 68.7 Å². The van der Waals surface area contributed by atoms with Gasteiger partial charge in [0.25, 0.3) is 17.7 Å². The molecule has 0 aromatic heterocycles. The fourth-order valence-electron chi connectivity index (χ4n) is 3.60. The summed E-state index contributed by atoms with van der Waals surface area (Å²) < 4.78 is 11.8. The Labute approximate surface area is 236 Å². The summed E-state index contributed by atoms with van der Waals surface area (Å²) in [6.45, 7) is 1.70. The number of aromatic hydroxyl groups is 1. The SMILES string of the molecule is CCOc1cc(/C=C2\C(=O)NC(=O)N(c3ccc(O)cc3)C2=O)cc(Br)c1OCC(=O)Nc1ccc(Cl)cc1. The number of carbonyl (C=O) groups excluding carboxylic acids is 4. The van der Waals surface area contributed by atoms with Gasteiger partial charge in [0.15, 0.2) is 18.1 Å². The number of amides is 5. The van der Waals surface area contributed by atoms with Crippen LogP contribution in [0.15, 0.2) is 70.7 Å². The highest BCUT2D eigenvalue weighted by atomic mass is 79.9. The van der Waals surface area contributed by atoms with Crippen molar-refractivity contribution < 1.29 is 33.8 Å². The Hall–Kier alpha value is -4.35. The third-order valence-corrected chi connectivity index (χ3v) is 6.17. The van der Waals surface area contributed by atoms with E-state index in [0.29, 0.717) is 20.7 Å². The van der Waals surface area contributed by atoms with Gasteiger partial charge in [-0.25, -0.2) is 9.69 Å². The monoisotopic (exact) mass is 613 g/mol. The van der Waals surface area contributed by atoms with Gasteiger partial charge in [0.2, 0.25) is 0 Å². The molecule has 1 saturated heterocycles. The highest BCUT2D eigenvalue weighted by molar-refractivity contribution is 9.10. The second-order valence-corrected chi connectivity index (χ2v) is 9.37. The minimum atomic E-state index is -0.912. The molecule has 0 radical (unpaired) electrons. The highest BCUT2D eigenvalue weighted by Gasteiger charge is 2.37. The number of phenols is 1. The van der Waals surface area contributed by atoms with Crippen molar-refractivity contribution in [3.8, 4) is 17.2 Å². The van der Waals surface area contributed by atoms with Crippen LogP contribution >= 0.6 is 27.5 Å². The molecule has 3 N–H and O–H groups in total. The maximum atomic E-state index is 13.1. The average Bonchev–Trinajstić information content (AvgIpc) is 2.88. The molecule has 5 amide bonds. The molecule has 0 spiro atoms. The molecule has 0 bridgehead atoms. The van der Waals surface area contributed by atoms with Crippen LogP contribution in [0.25, 0.3) is 6.08 Å². The molecule has 4 rings (SSSR count). The largest absolute Gasteiger partial charge is 0.508 e. The van der Waals surface area contributed by atoms with Crippen molar-refractivity contribution in [2.75, 3.05) is 23.4 Å². The molecule has 12 heteroatoms. The Kier molecular flexibility index (Phi) is 8.52. The minimum absolute atomic E-state index is 0.0477. The van der Waals surface area contributed by atoms with E-state index in [0.717, 1.165) is 4.90 Å². The quantitative estimate of drug-likeness (QED) is 0.243. The lowest BCUT2D eigenvalue weighted by Crippen LogP contribution is -2.54. The first-order chi connectivity index (χ1) is 18.7. The Bertz CT molecular complexity index is 1470. The molecule has 1 fully saturated rings. The predicted molar refractivity (Wildman–Crippen MR) is 148 cm³/mol. The summed E-state index contributed by atoms with van der Waals surface area (Å²) in [5.74, 6) is -1.68. The smallest absolute Gasteiger partial charge is 0.335 e. The summed E-state index contributed by atoms with van der Waals surface area (Å²) in [6.07, 6.45) is 1.31. The van der Waals surface area contributed by atoms with Gasteiger partial charge < -0.3 is 19.9 Å². The molecule has 1 aliphatic rings. The van der Waals surface area contributed by atoms with Crippen LogP contribution in [0.4, 0.5) is 16.2 Å². The van der Waals surface area contributed by atoms with Crippen LogP contribution in [0.2, 0.25) is 5.02 Å². The number of hydrogen-bond acceptors (Lipinski definition) is 7. The number of ether oxygens (including phenoxy) is 2. The lowest BCUT2D eigenvalue weighted by atomic mass is 10.1. The first-order valence-corrected chi connectivity index (χ1v) is 12.7. The average molecular weight is 615 g/mol. The second-order valence-electron chi connectivity index (χ2n) is 8.08. The summed E-state index contributed by atoms with van der Waals surface area (Å²) in [7, 11) is 0. The number of phenolic OH excluding ortho intramolecular Hbond substituents is 1. The standard InChI is InChI=1S/C27H21BrClN3O7/c1-2-38-22-13-15(12-21(28)24(22)39-14-23(34)30-17-5-3-16(29)4-6-17)11-20-25(35)31-27(37)32(26(20)36)18-7-9-19(33)10-8-18/h3-13,33H,2,14H2,1H3,(H,30,34)(H,31,35,37)/b20-11+. The van der Waals surface area contributed by atoms with Crippen LogP contribution in [0, 0.1) is 0 Å².